The highest BCUT2D eigenvalue weighted by Gasteiger charge is 2.51. The fourth-order valence-electron chi connectivity index (χ4n) is 2.75. The first kappa shape index (κ1) is 20.6. The van der Waals surface area contributed by atoms with Crippen LogP contribution in [0, 0.1) is 0 Å². The molecule has 0 bridgehead atoms. The third-order valence-corrected chi connectivity index (χ3v) is 5.40. The van der Waals surface area contributed by atoms with Gasteiger partial charge in [0.2, 0.25) is 0 Å². The fourth-order valence-corrected chi connectivity index (χ4v) is 3.23. The minimum Gasteiger partial charge on any atom is -0.508 e. The van der Waals surface area contributed by atoms with E-state index in [4.69, 9.17) is 14.0 Å². The number of esters is 1. The van der Waals surface area contributed by atoms with E-state index >= 15 is 0 Å². The van der Waals surface area contributed by atoms with Crippen LogP contribution in [-0.2, 0) is 9.31 Å². The van der Waals surface area contributed by atoms with Crippen molar-refractivity contribution in [3.63, 3.8) is 0 Å². The summed E-state index contributed by atoms with van der Waals surface area (Å²) in [6.45, 7) is 7.71. The monoisotopic (exact) mass is 446 g/mol. The molecule has 0 radical (unpaired) electrons. The number of aromatic hydroxyl groups is 1. The van der Waals surface area contributed by atoms with E-state index in [9.17, 15) is 14.7 Å². The number of hydrogen-bond donors (Lipinski definition) is 1. The van der Waals surface area contributed by atoms with E-state index in [1.807, 2.05) is 27.7 Å². The number of halogens is 1. The Balaban J connectivity index is 1.90. The zero-order valence-corrected chi connectivity index (χ0v) is 17.6. The van der Waals surface area contributed by atoms with Gasteiger partial charge >= 0.3 is 13.1 Å². The van der Waals surface area contributed by atoms with Crippen molar-refractivity contribution in [1.29, 1.82) is 0 Å². The van der Waals surface area contributed by atoms with Gasteiger partial charge in [0.15, 0.2) is 0 Å². The van der Waals surface area contributed by atoms with Crippen molar-refractivity contribution in [2.75, 3.05) is 0 Å². The first-order chi connectivity index (χ1) is 13.0. The van der Waals surface area contributed by atoms with E-state index in [2.05, 4.69) is 15.9 Å². The van der Waals surface area contributed by atoms with Gasteiger partial charge in [0, 0.05) is 10.0 Å². The van der Waals surface area contributed by atoms with Gasteiger partial charge in [0.25, 0.3) is 0 Å². The zero-order chi connectivity index (χ0) is 20.7. The van der Waals surface area contributed by atoms with Crippen LogP contribution in [0.15, 0.2) is 40.9 Å². The van der Waals surface area contributed by atoms with Crippen molar-refractivity contribution in [3.8, 4) is 11.5 Å². The van der Waals surface area contributed by atoms with Crippen LogP contribution < -0.4 is 10.2 Å². The van der Waals surface area contributed by atoms with Gasteiger partial charge in [-0.1, -0.05) is 22.0 Å². The third kappa shape index (κ3) is 4.14. The number of carbonyl (C=O) groups excluding carboxylic acids is 2. The quantitative estimate of drug-likeness (QED) is 0.335. The van der Waals surface area contributed by atoms with Gasteiger partial charge in [0.05, 0.1) is 16.8 Å². The highest BCUT2D eigenvalue weighted by Crippen LogP contribution is 2.36. The Labute approximate surface area is 172 Å². The van der Waals surface area contributed by atoms with Crippen molar-refractivity contribution >= 4 is 40.8 Å². The molecule has 2 aromatic carbocycles. The van der Waals surface area contributed by atoms with E-state index in [0.717, 1.165) is 0 Å². The number of benzene rings is 2. The molecule has 1 N–H and O–H groups in total. The van der Waals surface area contributed by atoms with Crippen LogP contribution in [0.5, 0.6) is 11.5 Å². The summed E-state index contributed by atoms with van der Waals surface area (Å²) in [5.41, 5.74) is -0.0187. The molecule has 1 heterocycles. The molecule has 1 saturated heterocycles. The molecule has 8 heteroatoms. The largest absolute Gasteiger partial charge is 0.508 e. The van der Waals surface area contributed by atoms with Gasteiger partial charge in [-0.05, 0) is 63.5 Å². The maximum absolute atomic E-state index is 12.5. The number of hydrogen-bond acceptors (Lipinski definition) is 6. The highest BCUT2D eigenvalue weighted by molar-refractivity contribution is 9.10. The predicted molar refractivity (Wildman–Crippen MR) is 108 cm³/mol. The van der Waals surface area contributed by atoms with Gasteiger partial charge in [-0.2, -0.15) is 0 Å². The van der Waals surface area contributed by atoms with E-state index in [0.29, 0.717) is 21.8 Å². The number of phenols is 1. The standard InChI is InChI=1S/C20H20BBrO6/c1-19(2)20(3,4)28-21(27-19)14-5-12(11-23)6-17(9-14)26-18(25)13-7-15(22)10-16(24)8-13/h5-11,24H,1-4H3. The highest BCUT2D eigenvalue weighted by atomic mass is 79.9. The minimum atomic E-state index is -0.697. The van der Waals surface area contributed by atoms with Gasteiger partial charge in [-0.3, -0.25) is 4.79 Å². The molecular weight excluding hydrogens is 427 g/mol. The van der Waals surface area contributed by atoms with E-state index < -0.39 is 24.3 Å². The molecule has 0 unspecified atom stereocenters. The van der Waals surface area contributed by atoms with Crippen molar-refractivity contribution in [3.05, 3.63) is 52.0 Å². The van der Waals surface area contributed by atoms with E-state index in [-0.39, 0.29) is 17.1 Å². The average Bonchev–Trinajstić information content (AvgIpc) is 2.81. The summed E-state index contributed by atoms with van der Waals surface area (Å²) in [4.78, 5) is 23.8. The molecule has 1 aliphatic rings. The molecule has 0 aliphatic carbocycles. The molecule has 0 amide bonds. The molecular formula is C20H20BBrO6. The van der Waals surface area contributed by atoms with Gasteiger partial charge in [-0.15, -0.1) is 0 Å². The SMILES string of the molecule is CC1(C)OB(c2cc(C=O)cc(OC(=O)c3cc(O)cc(Br)c3)c2)OC1(C)C. The Morgan fingerprint density at radius 1 is 1.07 bits per heavy atom. The summed E-state index contributed by atoms with van der Waals surface area (Å²) >= 11 is 3.22. The smallest absolute Gasteiger partial charge is 0.494 e. The maximum Gasteiger partial charge on any atom is 0.494 e. The topological polar surface area (TPSA) is 82.1 Å². The summed E-state index contributed by atoms with van der Waals surface area (Å²) in [6.07, 6.45) is 0.664. The molecule has 2 aromatic rings. The number of aldehydes is 1. The summed E-state index contributed by atoms with van der Waals surface area (Å²) in [7, 11) is -0.697. The second-order valence-corrected chi connectivity index (χ2v) is 8.54. The Bertz CT molecular complexity index is 904. The molecule has 0 saturated carbocycles. The molecule has 0 spiro atoms. The molecule has 0 aromatic heterocycles. The minimum absolute atomic E-state index is 0.0686. The molecule has 3 rings (SSSR count). The number of carbonyl (C=O) groups is 2. The molecule has 6 nitrogen and oxygen atoms in total. The van der Waals surface area contributed by atoms with Crippen LogP contribution in [0.3, 0.4) is 0 Å². The summed E-state index contributed by atoms with van der Waals surface area (Å²) in [6, 6.07) is 8.98. The van der Waals surface area contributed by atoms with Crippen molar-refractivity contribution in [1.82, 2.24) is 0 Å². The van der Waals surface area contributed by atoms with Crippen LogP contribution in [0.2, 0.25) is 0 Å². The van der Waals surface area contributed by atoms with Gasteiger partial charge in [-0.25, -0.2) is 4.79 Å². The molecule has 1 fully saturated rings. The lowest BCUT2D eigenvalue weighted by molar-refractivity contribution is 0.00578. The summed E-state index contributed by atoms with van der Waals surface area (Å²) in [5, 5.41) is 9.66. The Morgan fingerprint density at radius 2 is 1.71 bits per heavy atom. The fraction of sp³-hybridized carbons (Fsp3) is 0.300. The third-order valence-electron chi connectivity index (χ3n) is 4.94. The number of rotatable bonds is 4. The first-order valence-electron chi connectivity index (χ1n) is 8.68. The average molecular weight is 447 g/mol. The second-order valence-electron chi connectivity index (χ2n) is 7.63. The molecule has 146 valence electrons. The lowest BCUT2D eigenvalue weighted by atomic mass is 9.78. The van der Waals surface area contributed by atoms with Crippen LogP contribution in [0.25, 0.3) is 0 Å². The van der Waals surface area contributed by atoms with Crippen LogP contribution >= 0.6 is 15.9 Å². The maximum atomic E-state index is 12.5. The number of phenolic OH excluding ortho intramolecular Hbond substituents is 1. The van der Waals surface area contributed by atoms with Crippen LogP contribution in [-0.4, -0.2) is 35.7 Å². The summed E-state index contributed by atoms with van der Waals surface area (Å²) < 4.78 is 18.0. The number of ether oxygens (including phenoxy) is 1. The second kappa shape index (κ2) is 7.35. The Morgan fingerprint density at radius 3 is 2.29 bits per heavy atom. The normalized spacial score (nSPS) is 17.4. The molecule has 0 atom stereocenters. The van der Waals surface area contributed by atoms with Gasteiger partial charge in [0.1, 0.15) is 17.8 Å². The van der Waals surface area contributed by atoms with Crippen molar-refractivity contribution in [2.24, 2.45) is 0 Å². The van der Waals surface area contributed by atoms with E-state index in [1.165, 1.54) is 24.3 Å². The zero-order valence-electron chi connectivity index (χ0n) is 16.0. The van der Waals surface area contributed by atoms with Crippen LogP contribution in [0.1, 0.15) is 48.4 Å². The molecule has 1 aliphatic heterocycles. The molecule has 28 heavy (non-hydrogen) atoms. The lowest BCUT2D eigenvalue weighted by Gasteiger charge is -2.32. The Kier molecular flexibility index (Phi) is 5.40. The predicted octanol–water partition coefficient (Wildman–Crippen LogP) is 3.49. The Hall–Kier alpha value is -2.16. The van der Waals surface area contributed by atoms with E-state index in [1.54, 1.807) is 12.1 Å². The van der Waals surface area contributed by atoms with Crippen LogP contribution in [0.4, 0.5) is 0 Å². The lowest BCUT2D eigenvalue weighted by Crippen LogP contribution is -2.41. The van der Waals surface area contributed by atoms with Gasteiger partial charge < -0.3 is 19.2 Å². The van der Waals surface area contributed by atoms with Crippen molar-refractivity contribution < 1.29 is 28.7 Å². The first-order valence-corrected chi connectivity index (χ1v) is 9.47. The van der Waals surface area contributed by atoms with Crippen molar-refractivity contribution in [2.45, 2.75) is 38.9 Å². The summed E-state index contributed by atoms with van der Waals surface area (Å²) in [5.74, 6) is -0.556.